The maximum absolute atomic E-state index is 12.8. The molecule has 4 aromatic rings. The Labute approximate surface area is 178 Å². The minimum Gasteiger partial charge on any atom is -0.464 e. The molecule has 0 unspecified atom stereocenters. The Morgan fingerprint density at radius 2 is 1.69 bits per heavy atom. The molecule has 0 N–H and O–H groups in total. The highest BCUT2D eigenvalue weighted by molar-refractivity contribution is 6.31. The lowest BCUT2D eigenvalue weighted by Crippen LogP contribution is -2.12. The number of para-hydroxylation sites is 1. The molecule has 29 heavy (non-hydrogen) atoms. The molecule has 0 saturated heterocycles. The van der Waals surface area contributed by atoms with E-state index >= 15 is 0 Å². The highest BCUT2D eigenvalue weighted by Crippen LogP contribution is 2.38. The van der Waals surface area contributed by atoms with Gasteiger partial charge in [-0.15, -0.1) is 0 Å². The van der Waals surface area contributed by atoms with Crippen LogP contribution in [-0.4, -0.2) is 17.6 Å². The fourth-order valence-corrected chi connectivity index (χ4v) is 3.67. The van der Waals surface area contributed by atoms with Crippen molar-refractivity contribution in [2.45, 2.75) is 6.54 Å². The number of hydrogen-bond donors (Lipinski definition) is 0. The summed E-state index contributed by atoms with van der Waals surface area (Å²) in [5.41, 5.74) is 2.06. The maximum Gasteiger partial charge on any atom is 0.358 e. The molecule has 3 aromatic carbocycles. The van der Waals surface area contributed by atoms with Gasteiger partial charge in [0.05, 0.1) is 12.6 Å². The van der Waals surface area contributed by atoms with Gasteiger partial charge in [0.15, 0.2) is 11.4 Å². The number of nitrogens with zero attached hydrogens (tertiary/aromatic N) is 1. The Balaban J connectivity index is 1.94. The van der Waals surface area contributed by atoms with Crippen LogP contribution in [0.3, 0.4) is 0 Å². The summed E-state index contributed by atoms with van der Waals surface area (Å²) in [5.74, 6) is 0.521. The van der Waals surface area contributed by atoms with E-state index in [9.17, 15) is 4.79 Å². The summed E-state index contributed by atoms with van der Waals surface area (Å²) in [4.78, 5) is 12.8. The summed E-state index contributed by atoms with van der Waals surface area (Å²) in [6.07, 6.45) is 0. The first-order valence-corrected chi connectivity index (χ1v) is 9.70. The fourth-order valence-electron chi connectivity index (χ4n) is 3.29. The smallest absolute Gasteiger partial charge is 0.358 e. The van der Waals surface area contributed by atoms with Crippen LogP contribution in [0.2, 0.25) is 10.0 Å². The third-order valence-corrected chi connectivity index (χ3v) is 5.02. The normalized spacial score (nSPS) is 10.9. The van der Waals surface area contributed by atoms with Gasteiger partial charge >= 0.3 is 5.97 Å². The van der Waals surface area contributed by atoms with Crippen molar-refractivity contribution in [3.8, 4) is 11.5 Å². The van der Waals surface area contributed by atoms with E-state index < -0.39 is 5.97 Å². The van der Waals surface area contributed by atoms with Crippen LogP contribution in [0, 0.1) is 0 Å². The number of ether oxygens (including phenoxy) is 2. The lowest BCUT2D eigenvalue weighted by Gasteiger charge is -2.11. The number of hydrogen-bond acceptors (Lipinski definition) is 3. The second-order valence-electron chi connectivity index (χ2n) is 6.46. The lowest BCUT2D eigenvalue weighted by atomic mass is 10.2. The molecule has 0 aliphatic heterocycles. The molecule has 0 spiro atoms. The summed E-state index contributed by atoms with van der Waals surface area (Å²) in [6, 6.07) is 22.2. The Morgan fingerprint density at radius 1 is 0.931 bits per heavy atom. The predicted molar refractivity (Wildman–Crippen MR) is 115 cm³/mol. The molecule has 0 amide bonds. The standard InChI is InChI=1S/C23H17Cl2NO3/c1-28-23(27)21-22(29-18-8-3-2-4-9-18)19-13-17(25)10-11-20(19)26(21)14-15-6-5-7-16(24)12-15/h2-13H,14H2,1H3. The molecule has 1 heterocycles. The third-order valence-electron chi connectivity index (χ3n) is 4.55. The second kappa shape index (κ2) is 8.19. The molecule has 4 nitrogen and oxygen atoms in total. The summed E-state index contributed by atoms with van der Waals surface area (Å²) >= 11 is 12.4. The Hall–Kier alpha value is -2.95. The Bertz CT molecular complexity index is 1190. The van der Waals surface area contributed by atoms with Crippen molar-refractivity contribution in [2.75, 3.05) is 7.11 Å². The van der Waals surface area contributed by atoms with E-state index in [-0.39, 0.29) is 0 Å². The largest absolute Gasteiger partial charge is 0.464 e. The number of esters is 1. The van der Waals surface area contributed by atoms with Crippen molar-refractivity contribution in [1.29, 1.82) is 0 Å². The van der Waals surface area contributed by atoms with Gasteiger partial charge in [-0.05, 0) is 48.0 Å². The summed E-state index contributed by atoms with van der Waals surface area (Å²) in [6.45, 7) is 0.418. The zero-order chi connectivity index (χ0) is 20.4. The van der Waals surface area contributed by atoms with Crippen molar-refractivity contribution in [2.24, 2.45) is 0 Å². The summed E-state index contributed by atoms with van der Waals surface area (Å²) in [5, 5.41) is 1.90. The van der Waals surface area contributed by atoms with Crippen molar-refractivity contribution in [1.82, 2.24) is 4.57 Å². The highest BCUT2D eigenvalue weighted by atomic mass is 35.5. The number of rotatable bonds is 5. The number of carbonyl (C=O) groups is 1. The third kappa shape index (κ3) is 3.95. The van der Waals surface area contributed by atoms with Gasteiger partial charge in [0.2, 0.25) is 0 Å². The van der Waals surface area contributed by atoms with E-state index in [1.165, 1.54) is 7.11 Å². The maximum atomic E-state index is 12.8. The average molecular weight is 426 g/mol. The monoisotopic (exact) mass is 425 g/mol. The molecule has 0 fully saturated rings. The molecule has 146 valence electrons. The number of aromatic nitrogens is 1. The van der Waals surface area contributed by atoms with Crippen molar-refractivity contribution < 1.29 is 14.3 Å². The Kier molecular flexibility index (Phi) is 5.47. The molecule has 4 rings (SSSR count). The average Bonchev–Trinajstić information content (AvgIpc) is 3.00. The van der Waals surface area contributed by atoms with Crippen molar-refractivity contribution in [3.05, 3.63) is 94.1 Å². The van der Waals surface area contributed by atoms with Gasteiger partial charge in [0, 0.05) is 22.0 Å². The van der Waals surface area contributed by atoms with Crippen LogP contribution in [0.25, 0.3) is 10.9 Å². The van der Waals surface area contributed by atoms with Gasteiger partial charge < -0.3 is 14.0 Å². The molecule has 0 saturated carbocycles. The van der Waals surface area contributed by atoms with Crippen LogP contribution < -0.4 is 4.74 Å². The molecular formula is C23H17Cl2NO3. The zero-order valence-electron chi connectivity index (χ0n) is 15.6. The predicted octanol–water partition coefficient (Wildman–Crippen LogP) is 6.58. The number of fused-ring (bicyclic) bond motifs is 1. The number of methoxy groups -OCH3 is 1. The first-order chi connectivity index (χ1) is 14.1. The fraction of sp³-hybridized carbons (Fsp3) is 0.0870. The topological polar surface area (TPSA) is 40.5 Å². The lowest BCUT2D eigenvalue weighted by molar-refractivity contribution is 0.0586. The molecule has 1 aromatic heterocycles. The van der Waals surface area contributed by atoms with Crippen molar-refractivity contribution in [3.63, 3.8) is 0 Å². The van der Waals surface area contributed by atoms with Crippen LogP contribution >= 0.6 is 23.2 Å². The quantitative estimate of drug-likeness (QED) is 0.339. The SMILES string of the molecule is COC(=O)c1c(Oc2ccccc2)c2cc(Cl)ccc2n1Cc1cccc(Cl)c1. The zero-order valence-corrected chi connectivity index (χ0v) is 17.1. The molecule has 6 heteroatoms. The molecule has 0 atom stereocenters. The first kappa shape index (κ1) is 19.4. The van der Waals surface area contributed by atoms with Crippen molar-refractivity contribution >= 4 is 40.1 Å². The molecule has 0 bridgehead atoms. The van der Waals surface area contributed by atoms with E-state index in [2.05, 4.69) is 0 Å². The van der Waals surface area contributed by atoms with E-state index in [0.29, 0.717) is 33.8 Å². The van der Waals surface area contributed by atoms with E-state index in [1.54, 1.807) is 12.1 Å². The first-order valence-electron chi connectivity index (χ1n) is 8.94. The minimum atomic E-state index is -0.495. The van der Waals surface area contributed by atoms with Gasteiger partial charge in [-0.25, -0.2) is 4.79 Å². The van der Waals surface area contributed by atoms with Gasteiger partial charge in [0.25, 0.3) is 0 Å². The van der Waals surface area contributed by atoms with E-state index in [4.69, 9.17) is 32.7 Å². The number of benzene rings is 3. The highest BCUT2D eigenvalue weighted by Gasteiger charge is 2.26. The van der Waals surface area contributed by atoms with E-state index in [0.717, 1.165) is 16.5 Å². The van der Waals surface area contributed by atoms with Crippen LogP contribution in [-0.2, 0) is 11.3 Å². The summed E-state index contributed by atoms with van der Waals surface area (Å²) in [7, 11) is 1.35. The molecular weight excluding hydrogens is 409 g/mol. The molecule has 0 radical (unpaired) electrons. The minimum absolute atomic E-state index is 0.314. The molecule has 0 aliphatic carbocycles. The van der Waals surface area contributed by atoms with Gasteiger partial charge in [-0.1, -0.05) is 53.5 Å². The Morgan fingerprint density at radius 3 is 2.41 bits per heavy atom. The van der Waals surface area contributed by atoms with Crippen LogP contribution in [0.1, 0.15) is 16.1 Å². The molecule has 0 aliphatic rings. The van der Waals surface area contributed by atoms with Gasteiger partial charge in [0.1, 0.15) is 5.75 Å². The van der Waals surface area contributed by atoms with Crippen LogP contribution in [0.15, 0.2) is 72.8 Å². The number of carbonyl (C=O) groups excluding carboxylic acids is 1. The second-order valence-corrected chi connectivity index (χ2v) is 7.33. The number of halogens is 2. The van der Waals surface area contributed by atoms with E-state index in [1.807, 2.05) is 65.2 Å². The van der Waals surface area contributed by atoms with Crippen LogP contribution in [0.5, 0.6) is 11.5 Å². The van der Waals surface area contributed by atoms with Gasteiger partial charge in [-0.2, -0.15) is 0 Å². The van der Waals surface area contributed by atoms with Crippen LogP contribution in [0.4, 0.5) is 0 Å². The van der Waals surface area contributed by atoms with Gasteiger partial charge in [-0.3, -0.25) is 0 Å². The summed E-state index contributed by atoms with van der Waals surface area (Å²) < 4.78 is 13.1.